The molecule has 20 heavy (non-hydrogen) atoms. The fourth-order valence-corrected chi connectivity index (χ4v) is 3.34. The van der Waals surface area contributed by atoms with Crippen LogP contribution in [-0.4, -0.2) is 16.4 Å². The standard InChI is InChI=1S/C14H13F2N3S/c15-9-3-8-4-10(1-2-12(8)13(16)5-9)19-11(6-17)7-18-14(19)20/h3,5,7,10,14,18,20H,1-2,4H2/t10-,14-/m0/s1. The van der Waals surface area contributed by atoms with E-state index in [2.05, 4.69) is 24.0 Å². The molecule has 0 saturated carbocycles. The van der Waals surface area contributed by atoms with Gasteiger partial charge in [0.2, 0.25) is 0 Å². The van der Waals surface area contributed by atoms with Crippen molar-refractivity contribution in [2.45, 2.75) is 30.8 Å². The summed E-state index contributed by atoms with van der Waals surface area (Å²) in [6.07, 6.45) is 3.40. The van der Waals surface area contributed by atoms with Gasteiger partial charge in [0.1, 0.15) is 28.9 Å². The van der Waals surface area contributed by atoms with Crippen LogP contribution in [0.5, 0.6) is 0 Å². The quantitative estimate of drug-likeness (QED) is 0.781. The van der Waals surface area contributed by atoms with E-state index in [1.165, 1.54) is 6.07 Å². The average molecular weight is 293 g/mol. The topological polar surface area (TPSA) is 39.1 Å². The highest BCUT2D eigenvalue weighted by atomic mass is 32.1. The SMILES string of the molecule is N#CC1=CN[C@H](S)N1[C@H]1CCc2c(F)cc(F)cc2C1. The predicted molar refractivity (Wildman–Crippen MR) is 73.6 cm³/mol. The third-order valence-corrected chi connectivity index (χ3v) is 4.25. The molecule has 6 heteroatoms. The van der Waals surface area contributed by atoms with Gasteiger partial charge in [0.25, 0.3) is 0 Å². The molecule has 0 spiro atoms. The molecule has 2 atom stereocenters. The minimum atomic E-state index is -0.556. The Morgan fingerprint density at radius 2 is 2.20 bits per heavy atom. The zero-order valence-corrected chi connectivity index (χ0v) is 11.5. The molecule has 3 rings (SSSR count). The maximum Gasteiger partial charge on any atom is 0.145 e. The van der Waals surface area contributed by atoms with Crippen LogP contribution in [0, 0.1) is 23.0 Å². The van der Waals surface area contributed by atoms with Crippen molar-refractivity contribution in [1.82, 2.24) is 10.2 Å². The van der Waals surface area contributed by atoms with E-state index in [9.17, 15) is 8.78 Å². The summed E-state index contributed by atoms with van der Waals surface area (Å²) in [6.45, 7) is 0. The van der Waals surface area contributed by atoms with Gasteiger partial charge in [0, 0.05) is 18.3 Å². The van der Waals surface area contributed by atoms with Crippen LogP contribution >= 0.6 is 12.6 Å². The number of hydrogen-bond acceptors (Lipinski definition) is 4. The Bertz CT molecular complexity index is 624. The number of rotatable bonds is 1. The molecule has 1 aromatic carbocycles. The second-order valence-corrected chi connectivity index (χ2v) is 5.50. The number of halogens is 2. The molecule has 0 saturated heterocycles. The first kappa shape index (κ1) is 13.3. The van der Waals surface area contributed by atoms with Crippen LogP contribution in [0.25, 0.3) is 0 Å². The Hall–Kier alpha value is -1.74. The molecule has 104 valence electrons. The van der Waals surface area contributed by atoms with Crippen LogP contribution in [0.4, 0.5) is 8.78 Å². The molecule has 0 amide bonds. The van der Waals surface area contributed by atoms with Crippen molar-refractivity contribution in [3.63, 3.8) is 0 Å². The van der Waals surface area contributed by atoms with Crippen LogP contribution in [0.2, 0.25) is 0 Å². The van der Waals surface area contributed by atoms with Gasteiger partial charge >= 0.3 is 0 Å². The fraction of sp³-hybridized carbons (Fsp3) is 0.357. The van der Waals surface area contributed by atoms with E-state index in [0.29, 0.717) is 36.1 Å². The molecule has 0 fully saturated rings. The van der Waals surface area contributed by atoms with Crippen molar-refractivity contribution in [2.24, 2.45) is 0 Å². The third-order valence-electron chi connectivity index (χ3n) is 3.85. The first-order valence-electron chi connectivity index (χ1n) is 6.39. The molecule has 1 aliphatic carbocycles. The number of nitrogens with zero attached hydrogens (tertiary/aromatic N) is 2. The van der Waals surface area contributed by atoms with E-state index >= 15 is 0 Å². The summed E-state index contributed by atoms with van der Waals surface area (Å²) in [5.74, 6) is -1.03. The van der Waals surface area contributed by atoms with Crippen molar-refractivity contribution in [2.75, 3.05) is 0 Å². The lowest BCUT2D eigenvalue weighted by atomic mass is 9.87. The highest BCUT2D eigenvalue weighted by Crippen LogP contribution is 2.31. The van der Waals surface area contributed by atoms with Gasteiger partial charge in [-0.25, -0.2) is 8.78 Å². The Kier molecular flexibility index (Phi) is 3.30. The van der Waals surface area contributed by atoms with E-state index in [0.717, 1.165) is 6.07 Å². The number of nitrogens with one attached hydrogen (secondary N) is 1. The molecule has 0 unspecified atom stereocenters. The molecular weight excluding hydrogens is 280 g/mol. The summed E-state index contributed by atoms with van der Waals surface area (Å²) in [6, 6.07) is 4.45. The van der Waals surface area contributed by atoms with Gasteiger partial charge in [-0.1, -0.05) is 0 Å². The molecule has 0 bridgehead atoms. The smallest absolute Gasteiger partial charge is 0.145 e. The van der Waals surface area contributed by atoms with E-state index in [4.69, 9.17) is 5.26 Å². The van der Waals surface area contributed by atoms with Crippen molar-refractivity contribution in [3.8, 4) is 6.07 Å². The monoisotopic (exact) mass is 293 g/mol. The van der Waals surface area contributed by atoms with Gasteiger partial charge in [0.05, 0.1) is 0 Å². The largest absolute Gasteiger partial charge is 0.361 e. The number of thiol groups is 1. The summed E-state index contributed by atoms with van der Waals surface area (Å²) in [4.78, 5) is 1.87. The molecule has 1 N–H and O–H groups in total. The minimum Gasteiger partial charge on any atom is -0.361 e. The summed E-state index contributed by atoms with van der Waals surface area (Å²) in [5.41, 5.74) is 1.52. The first-order chi connectivity index (χ1) is 9.60. The van der Waals surface area contributed by atoms with Gasteiger partial charge in [-0.05, 0) is 36.5 Å². The summed E-state index contributed by atoms with van der Waals surface area (Å²) in [5, 5.41) is 12.1. The van der Waals surface area contributed by atoms with E-state index in [-0.39, 0.29) is 11.5 Å². The number of benzene rings is 1. The molecule has 2 aliphatic rings. The Morgan fingerprint density at radius 1 is 1.40 bits per heavy atom. The minimum absolute atomic E-state index is 0.0205. The number of fused-ring (bicyclic) bond motifs is 1. The number of nitriles is 1. The number of hydrogen-bond donors (Lipinski definition) is 2. The Morgan fingerprint density at radius 3 is 2.95 bits per heavy atom. The van der Waals surface area contributed by atoms with E-state index in [1.807, 2.05) is 4.90 Å². The second kappa shape index (κ2) is 4.98. The van der Waals surface area contributed by atoms with Gasteiger partial charge in [-0.15, -0.1) is 12.6 Å². The van der Waals surface area contributed by atoms with Crippen molar-refractivity contribution >= 4 is 12.6 Å². The zero-order chi connectivity index (χ0) is 14.3. The molecule has 1 aliphatic heterocycles. The number of allylic oxidation sites excluding steroid dienone is 1. The van der Waals surface area contributed by atoms with Crippen LogP contribution in [0.15, 0.2) is 24.0 Å². The van der Waals surface area contributed by atoms with Crippen molar-refractivity contribution < 1.29 is 8.78 Å². The van der Waals surface area contributed by atoms with E-state index < -0.39 is 11.6 Å². The molecule has 3 nitrogen and oxygen atoms in total. The maximum absolute atomic E-state index is 13.7. The average Bonchev–Trinajstić information content (AvgIpc) is 2.78. The molecule has 1 heterocycles. The lowest BCUT2D eigenvalue weighted by molar-refractivity contribution is 0.231. The summed E-state index contributed by atoms with van der Waals surface area (Å²) >= 11 is 4.39. The summed E-state index contributed by atoms with van der Waals surface area (Å²) < 4.78 is 27.0. The van der Waals surface area contributed by atoms with Crippen LogP contribution < -0.4 is 5.32 Å². The highest BCUT2D eigenvalue weighted by molar-refractivity contribution is 7.80. The predicted octanol–water partition coefficient (Wildman–Crippen LogP) is 2.31. The molecule has 0 radical (unpaired) electrons. The lowest BCUT2D eigenvalue weighted by Crippen LogP contribution is -2.43. The van der Waals surface area contributed by atoms with E-state index in [1.54, 1.807) is 6.20 Å². The van der Waals surface area contributed by atoms with Gasteiger partial charge in [-0.3, -0.25) is 0 Å². The second-order valence-electron chi connectivity index (χ2n) is 5.01. The summed E-state index contributed by atoms with van der Waals surface area (Å²) in [7, 11) is 0. The van der Waals surface area contributed by atoms with Gasteiger partial charge in [-0.2, -0.15) is 5.26 Å². The Labute approximate surface area is 121 Å². The van der Waals surface area contributed by atoms with Crippen LogP contribution in [-0.2, 0) is 12.8 Å². The van der Waals surface area contributed by atoms with Gasteiger partial charge in [0.15, 0.2) is 0 Å². The molecule has 0 aromatic heterocycles. The van der Waals surface area contributed by atoms with Crippen molar-refractivity contribution in [1.29, 1.82) is 5.26 Å². The normalized spacial score (nSPS) is 24.7. The highest BCUT2D eigenvalue weighted by Gasteiger charge is 2.33. The lowest BCUT2D eigenvalue weighted by Gasteiger charge is -2.36. The van der Waals surface area contributed by atoms with Crippen LogP contribution in [0.1, 0.15) is 17.5 Å². The Balaban J connectivity index is 1.89. The fourth-order valence-electron chi connectivity index (χ4n) is 2.95. The van der Waals surface area contributed by atoms with Gasteiger partial charge < -0.3 is 10.2 Å². The zero-order valence-electron chi connectivity index (χ0n) is 10.6. The van der Waals surface area contributed by atoms with Crippen molar-refractivity contribution in [3.05, 3.63) is 46.8 Å². The van der Waals surface area contributed by atoms with Crippen LogP contribution in [0.3, 0.4) is 0 Å². The molecule has 1 aromatic rings. The maximum atomic E-state index is 13.7. The first-order valence-corrected chi connectivity index (χ1v) is 6.91. The third kappa shape index (κ3) is 2.12. The molecular formula is C14H13F2N3S.